The van der Waals surface area contributed by atoms with Crippen LogP contribution in [0, 0.1) is 0 Å². The first-order valence-corrected chi connectivity index (χ1v) is 8.97. The van der Waals surface area contributed by atoms with Crippen molar-refractivity contribution >= 4 is 43.8 Å². The van der Waals surface area contributed by atoms with Gasteiger partial charge in [-0.15, -0.1) is 22.7 Å². The molecular weight excluding hydrogens is 320 g/mol. The number of thiophene rings is 1. The minimum absolute atomic E-state index is 0.140. The van der Waals surface area contributed by atoms with Crippen LogP contribution in [0.5, 0.6) is 0 Å². The van der Waals surface area contributed by atoms with Gasteiger partial charge in [-0.05, 0) is 31.7 Å². The molecule has 7 heteroatoms. The number of carbonyl (C=O) groups is 1. The predicted molar refractivity (Wildman–Crippen MR) is 87.1 cm³/mol. The van der Waals surface area contributed by atoms with Crippen LogP contribution in [0.25, 0.3) is 15.2 Å². The Balaban J connectivity index is 1.96. The molecule has 0 amide bonds. The third-order valence-corrected chi connectivity index (χ3v) is 6.08. The minimum Gasteiger partial charge on any atom is -0.466 e. The molecule has 1 aliphatic rings. The monoisotopic (exact) mass is 334 g/mol. The van der Waals surface area contributed by atoms with Gasteiger partial charge in [0.1, 0.15) is 4.83 Å². The van der Waals surface area contributed by atoms with E-state index in [0.29, 0.717) is 11.6 Å². The fourth-order valence-corrected chi connectivity index (χ4v) is 5.39. The van der Waals surface area contributed by atoms with Crippen molar-refractivity contribution < 1.29 is 9.53 Å². The second kappa shape index (κ2) is 5.17. The molecule has 0 aromatic carbocycles. The fraction of sp³-hybridized carbons (Fsp3) is 0.400. The van der Waals surface area contributed by atoms with Gasteiger partial charge in [0, 0.05) is 16.0 Å². The molecule has 0 N–H and O–H groups in total. The predicted octanol–water partition coefficient (Wildman–Crippen LogP) is 2.57. The van der Waals surface area contributed by atoms with Gasteiger partial charge in [-0.1, -0.05) is 0 Å². The zero-order valence-corrected chi connectivity index (χ0v) is 13.7. The lowest BCUT2D eigenvalue weighted by Gasteiger charge is -2.03. The van der Waals surface area contributed by atoms with Crippen molar-refractivity contribution in [3.8, 4) is 0 Å². The molecule has 0 unspecified atom stereocenters. The summed E-state index contributed by atoms with van der Waals surface area (Å²) in [5, 5.41) is 2.64. The average molecular weight is 334 g/mol. The van der Waals surface area contributed by atoms with Crippen LogP contribution >= 0.6 is 22.7 Å². The summed E-state index contributed by atoms with van der Waals surface area (Å²) in [5.74, 6) is -0.252. The molecule has 0 atom stereocenters. The normalized spacial score (nSPS) is 13.9. The maximum absolute atomic E-state index is 12.3. The van der Waals surface area contributed by atoms with Crippen LogP contribution in [0.15, 0.2) is 10.2 Å². The Hall–Kier alpha value is -1.73. The molecule has 4 rings (SSSR count). The highest BCUT2D eigenvalue weighted by Crippen LogP contribution is 2.36. The quantitative estimate of drug-likeness (QED) is 0.691. The van der Waals surface area contributed by atoms with Gasteiger partial charge in [-0.3, -0.25) is 14.0 Å². The Morgan fingerprint density at radius 2 is 2.32 bits per heavy atom. The van der Waals surface area contributed by atoms with Crippen molar-refractivity contribution in [2.45, 2.75) is 32.6 Å². The summed E-state index contributed by atoms with van der Waals surface area (Å²) >= 11 is 3.06. The molecule has 0 radical (unpaired) electrons. The summed E-state index contributed by atoms with van der Waals surface area (Å²) in [6, 6.07) is 0. The number of carbonyl (C=O) groups excluding carboxylic acids is 1. The lowest BCUT2D eigenvalue weighted by Crippen LogP contribution is -2.12. The van der Waals surface area contributed by atoms with Crippen LogP contribution in [-0.2, 0) is 28.8 Å². The molecule has 0 bridgehead atoms. The summed E-state index contributed by atoms with van der Waals surface area (Å²) in [6.45, 7) is 2.17. The first-order chi connectivity index (χ1) is 10.7. The van der Waals surface area contributed by atoms with Crippen LogP contribution in [-0.4, -0.2) is 22.0 Å². The summed E-state index contributed by atoms with van der Waals surface area (Å²) in [5.41, 5.74) is 1.87. The molecule has 0 saturated heterocycles. The van der Waals surface area contributed by atoms with E-state index >= 15 is 0 Å². The van der Waals surface area contributed by atoms with Gasteiger partial charge in [-0.25, -0.2) is 0 Å². The lowest BCUT2D eigenvalue weighted by molar-refractivity contribution is -0.142. The number of nitrogens with zero attached hydrogens (tertiary/aromatic N) is 2. The van der Waals surface area contributed by atoms with Gasteiger partial charge in [0.15, 0.2) is 4.96 Å². The molecule has 1 aliphatic carbocycles. The molecule has 0 aliphatic heterocycles. The average Bonchev–Trinajstić information content (AvgIpc) is 3.12. The summed E-state index contributed by atoms with van der Waals surface area (Å²) in [7, 11) is 0. The molecule has 0 saturated carbocycles. The molecule has 3 heterocycles. The van der Waals surface area contributed by atoms with Crippen molar-refractivity contribution in [3.63, 3.8) is 0 Å². The highest BCUT2D eigenvalue weighted by Gasteiger charge is 2.23. The molecule has 0 spiro atoms. The summed E-state index contributed by atoms with van der Waals surface area (Å²) in [4.78, 5) is 31.2. The van der Waals surface area contributed by atoms with E-state index in [1.807, 2.05) is 9.78 Å². The molecule has 5 nitrogen and oxygen atoms in total. The Kier molecular flexibility index (Phi) is 3.27. The van der Waals surface area contributed by atoms with Crippen molar-refractivity contribution in [1.29, 1.82) is 0 Å². The number of rotatable bonds is 3. The highest BCUT2D eigenvalue weighted by atomic mass is 32.1. The van der Waals surface area contributed by atoms with E-state index in [1.54, 1.807) is 18.3 Å². The SMILES string of the molecule is CCOC(=O)Cc1csc2nc(=O)c3c4c(sc3n12)CCC4. The van der Waals surface area contributed by atoms with Gasteiger partial charge >= 0.3 is 5.97 Å². The van der Waals surface area contributed by atoms with Crippen LogP contribution in [0.3, 0.4) is 0 Å². The largest absolute Gasteiger partial charge is 0.466 e. The first kappa shape index (κ1) is 13.9. The third-order valence-electron chi connectivity index (χ3n) is 3.93. The van der Waals surface area contributed by atoms with E-state index in [1.165, 1.54) is 21.8 Å². The number of aromatic nitrogens is 2. The number of ether oxygens (including phenoxy) is 1. The van der Waals surface area contributed by atoms with Crippen LogP contribution in [0.1, 0.15) is 29.5 Å². The van der Waals surface area contributed by atoms with Crippen molar-refractivity contribution in [2.24, 2.45) is 0 Å². The molecule has 0 fully saturated rings. The van der Waals surface area contributed by atoms with E-state index in [-0.39, 0.29) is 17.9 Å². The Morgan fingerprint density at radius 1 is 1.45 bits per heavy atom. The fourth-order valence-electron chi connectivity index (χ4n) is 3.03. The highest BCUT2D eigenvalue weighted by molar-refractivity contribution is 7.19. The molecule has 22 heavy (non-hydrogen) atoms. The maximum atomic E-state index is 12.3. The standard InChI is InChI=1S/C15H14N2O3S2/c1-2-20-11(18)6-8-7-21-15-16-13(19)12-9-4-3-5-10(9)22-14(12)17(8)15/h7H,2-6H2,1H3. The van der Waals surface area contributed by atoms with E-state index in [2.05, 4.69) is 4.98 Å². The van der Waals surface area contributed by atoms with Crippen molar-refractivity contribution in [3.05, 3.63) is 31.9 Å². The number of hydrogen-bond acceptors (Lipinski definition) is 6. The van der Waals surface area contributed by atoms with Crippen LogP contribution < -0.4 is 5.56 Å². The Bertz CT molecular complexity index is 951. The zero-order valence-electron chi connectivity index (χ0n) is 12.0. The van der Waals surface area contributed by atoms with E-state index in [0.717, 1.165) is 35.2 Å². The second-order valence-electron chi connectivity index (χ2n) is 5.28. The van der Waals surface area contributed by atoms with Gasteiger partial charge < -0.3 is 4.74 Å². The van der Waals surface area contributed by atoms with Gasteiger partial charge in [0.05, 0.1) is 18.4 Å². The number of fused-ring (bicyclic) bond motifs is 5. The Labute approximate surface area is 134 Å². The number of aryl methyl sites for hydroxylation is 2. The topological polar surface area (TPSA) is 60.7 Å². The first-order valence-electron chi connectivity index (χ1n) is 7.28. The number of hydrogen-bond donors (Lipinski definition) is 0. The van der Waals surface area contributed by atoms with E-state index in [4.69, 9.17) is 4.74 Å². The number of thiazole rings is 1. The molecular formula is C15H14N2O3S2. The van der Waals surface area contributed by atoms with Gasteiger partial charge in [0.2, 0.25) is 0 Å². The van der Waals surface area contributed by atoms with E-state index < -0.39 is 0 Å². The second-order valence-corrected chi connectivity index (χ2v) is 7.20. The van der Waals surface area contributed by atoms with Crippen molar-refractivity contribution in [2.75, 3.05) is 6.61 Å². The third kappa shape index (κ3) is 1.99. The van der Waals surface area contributed by atoms with Crippen LogP contribution in [0.4, 0.5) is 0 Å². The minimum atomic E-state index is -0.252. The van der Waals surface area contributed by atoms with Gasteiger partial charge in [0.25, 0.3) is 5.56 Å². The van der Waals surface area contributed by atoms with E-state index in [9.17, 15) is 9.59 Å². The van der Waals surface area contributed by atoms with Gasteiger partial charge in [-0.2, -0.15) is 4.98 Å². The molecule has 3 aromatic rings. The summed E-state index contributed by atoms with van der Waals surface area (Å²) in [6.07, 6.45) is 3.30. The Morgan fingerprint density at radius 3 is 3.14 bits per heavy atom. The lowest BCUT2D eigenvalue weighted by atomic mass is 10.2. The van der Waals surface area contributed by atoms with Crippen molar-refractivity contribution in [1.82, 2.24) is 9.38 Å². The van der Waals surface area contributed by atoms with Crippen LogP contribution in [0.2, 0.25) is 0 Å². The molecule has 114 valence electrons. The number of esters is 1. The smallest absolute Gasteiger partial charge is 0.311 e. The zero-order chi connectivity index (χ0) is 15.3. The summed E-state index contributed by atoms with van der Waals surface area (Å²) < 4.78 is 6.99. The maximum Gasteiger partial charge on any atom is 0.311 e. The molecule has 3 aromatic heterocycles.